The van der Waals surface area contributed by atoms with E-state index >= 15 is 0 Å². The van der Waals surface area contributed by atoms with Crippen molar-refractivity contribution in [1.29, 1.82) is 5.26 Å². The molecule has 1 aromatic heterocycles. The minimum Gasteiger partial charge on any atom is -0.366 e. The van der Waals surface area contributed by atoms with Gasteiger partial charge in [0.15, 0.2) is 5.82 Å². The second-order valence-electron chi connectivity index (χ2n) is 12.8. The maximum atomic E-state index is 13.5. The molecule has 0 spiro atoms. The fraction of sp³-hybridized carbons (Fsp3) is 0.469. The summed E-state index contributed by atoms with van der Waals surface area (Å²) < 4.78 is 0. The predicted octanol–water partition coefficient (Wildman–Crippen LogP) is 1.49. The number of nitrogens with one attached hydrogen (secondary N) is 2. The minimum absolute atomic E-state index is 0.0416. The number of carbonyl (C=O) groups excluding carboxylic acids is 3. The number of aryl methyl sites for hydroxylation is 2. The lowest BCUT2D eigenvalue weighted by atomic mass is 9.64. The van der Waals surface area contributed by atoms with Crippen molar-refractivity contribution in [2.24, 2.45) is 23.3 Å². The Labute approximate surface area is 254 Å². The Kier molecular flexibility index (Phi) is 6.93. The Morgan fingerprint density at radius 3 is 2.23 bits per heavy atom. The molecule has 1 aliphatic heterocycles. The maximum absolute atomic E-state index is 13.5. The van der Waals surface area contributed by atoms with Gasteiger partial charge in [-0.2, -0.15) is 5.26 Å². The van der Waals surface area contributed by atoms with E-state index in [0.717, 1.165) is 54.4 Å². The van der Waals surface area contributed by atoms with Crippen LogP contribution in [-0.4, -0.2) is 67.9 Å². The van der Waals surface area contributed by atoms with E-state index in [1.807, 2.05) is 24.3 Å². The molecule has 44 heavy (non-hydrogen) atoms. The summed E-state index contributed by atoms with van der Waals surface area (Å²) in [4.78, 5) is 39.7. The normalized spacial score (nSPS) is 23.7. The van der Waals surface area contributed by atoms with E-state index < -0.39 is 17.2 Å². The molecule has 226 valence electrons. The number of fused-ring (bicyclic) bond motifs is 3. The largest absolute Gasteiger partial charge is 0.366 e. The third-order valence-corrected chi connectivity index (χ3v) is 10.4. The molecule has 12 nitrogen and oxygen atoms in total. The van der Waals surface area contributed by atoms with Crippen LogP contribution in [-0.2, 0) is 23.1 Å². The molecule has 6 N–H and O–H groups in total. The fourth-order valence-corrected chi connectivity index (χ4v) is 7.88. The maximum Gasteiger partial charge on any atom is 0.248 e. The second-order valence-corrected chi connectivity index (χ2v) is 12.8. The topological polar surface area (TPSA) is 197 Å². The van der Waals surface area contributed by atoms with Crippen LogP contribution >= 0.6 is 0 Å². The number of primary amides is 2. The number of nitrogens with zero attached hydrogens (tertiary/aromatic N) is 5. The molecular weight excluding hydrogens is 558 g/mol. The third kappa shape index (κ3) is 4.63. The van der Waals surface area contributed by atoms with Crippen molar-refractivity contribution in [2.45, 2.75) is 74.9 Å². The highest BCUT2D eigenvalue weighted by molar-refractivity contribution is 5.94. The summed E-state index contributed by atoms with van der Waals surface area (Å²) in [6.07, 6.45) is 6.60. The lowest BCUT2D eigenvalue weighted by Gasteiger charge is -2.42. The van der Waals surface area contributed by atoms with Crippen molar-refractivity contribution in [1.82, 2.24) is 30.8 Å². The number of aromatic amines is 1. The first kappa shape index (κ1) is 28.2. The summed E-state index contributed by atoms with van der Waals surface area (Å²) in [6.45, 7) is 0.133. The number of benzene rings is 2. The van der Waals surface area contributed by atoms with E-state index in [9.17, 15) is 19.6 Å². The Hall–Kier alpha value is -4.63. The molecule has 3 aliphatic carbocycles. The number of nitrogens with two attached hydrogens (primary N) is 2. The molecule has 7 rings (SSSR count). The van der Waals surface area contributed by atoms with Crippen molar-refractivity contribution in [3.8, 4) is 6.07 Å². The highest BCUT2D eigenvalue weighted by Gasteiger charge is 2.54. The van der Waals surface area contributed by atoms with Gasteiger partial charge in [0, 0.05) is 23.2 Å². The Morgan fingerprint density at radius 1 is 1.05 bits per heavy atom. The standard InChI is InChI=1S/C32H35N9O3/c33-15-23-12-22-13-27(22)41(23)28(42)16-36-26(17-2-1-3-17)14-32(31-37-39-40-38-31)24-8-6-20(29(34)43)10-18(24)4-5-19-11-21(30(35)44)7-9-25(19)32/h6-11,17,22-23,26-27,36H,1-5,12-14,16H2,(H2,34,43)(H2,35,44)(H,37,38,39,40)/t22-,23+,26-,27+/m1/s1. The first-order valence-corrected chi connectivity index (χ1v) is 15.3. The first-order valence-electron chi connectivity index (χ1n) is 15.3. The number of hydrogen-bond donors (Lipinski definition) is 4. The van der Waals surface area contributed by atoms with Crippen LogP contribution in [0.3, 0.4) is 0 Å². The van der Waals surface area contributed by atoms with Gasteiger partial charge in [0.05, 0.1) is 18.0 Å². The number of rotatable bonds is 9. The Bertz CT molecular complexity index is 1610. The average Bonchev–Trinajstić information content (AvgIpc) is 3.38. The molecule has 0 bridgehead atoms. The highest BCUT2D eigenvalue weighted by Crippen LogP contribution is 2.50. The van der Waals surface area contributed by atoms with Crippen LogP contribution < -0.4 is 16.8 Å². The van der Waals surface area contributed by atoms with Crippen LogP contribution in [0, 0.1) is 23.2 Å². The molecule has 3 aromatic rings. The van der Waals surface area contributed by atoms with E-state index in [-0.39, 0.29) is 30.6 Å². The lowest BCUT2D eigenvalue weighted by molar-refractivity contribution is -0.131. The summed E-state index contributed by atoms with van der Waals surface area (Å²) in [5, 5.41) is 28.8. The number of likely N-dealkylation sites (tertiary alicyclic amines) is 1. The number of piperidine rings is 1. The van der Waals surface area contributed by atoms with Crippen molar-refractivity contribution in [2.75, 3.05) is 6.54 Å². The zero-order valence-electron chi connectivity index (χ0n) is 24.3. The van der Waals surface area contributed by atoms with Gasteiger partial charge in [-0.15, -0.1) is 5.10 Å². The number of amides is 3. The van der Waals surface area contributed by atoms with Crippen molar-refractivity contribution in [3.63, 3.8) is 0 Å². The molecule has 2 aromatic carbocycles. The van der Waals surface area contributed by atoms with Crippen LogP contribution in [0.2, 0.25) is 0 Å². The van der Waals surface area contributed by atoms with Crippen LogP contribution in [0.5, 0.6) is 0 Å². The van der Waals surface area contributed by atoms with Crippen LogP contribution in [0.15, 0.2) is 36.4 Å². The molecule has 3 amide bonds. The summed E-state index contributed by atoms with van der Waals surface area (Å²) >= 11 is 0. The molecule has 4 atom stereocenters. The summed E-state index contributed by atoms with van der Waals surface area (Å²) in [6, 6.07) is 13.1. The quantitative estimate of drug-likeness (QED) is 0.286. The van der Waals surface area contributed by atoms with E-state index in [1.54, 1.807) is 17.0 Å². The number of H-pyrrole nitrogens is 1. The van der Waals surface area contributed by atoms with Crippen LogP contribution in [0.1, 0.15) is 87.3 Å². The van der Waals surface area contributed by atoms with Gasteiger partial charge in [-0.1, -0.05) is 18.6 Å². The van der Waals surface area contributed by atoms with E-state index in [0.29, 0.717) is 48.0 Å². The van der Waals surface area contributed by atoms with E-state index in [1.165, 1.54) is 0 Å². The van der Waals surface area contributed by atoms with Crippen molar-refractivity contribution < 1.29 is 14.4 Å². The molecule has 4 aliphatic rings. The van der Waals surface area contributed by atoms with E-state index in [4.69, 9.17) is 11.5 Å². The second kappa shape index (κ2) is 10.8. The molecule has 12 heteroatoms. The third-order valence-electron chi connectivity index (χ3n) is 10.4. The summed E-state index contributed by atoms with van der Waals surface area (Å²) in [5.74, 6) is 0.228. The first-order chi connectivity index (χ1) is 21.3. The smallest absolute Gasteiger partial charge is 0.248 e. The number of carbonyl (C=O) groups is 3. The molecular formula is C32H35N9O3. The average molecular weight is 594 g/mol. The van der Waals surface area contributed by atoms with Gasteiger partial charge in [0.25, 0.3) is 0 Å². The van der Waals surface area contributed by atoms with Gasteiger partial charge in [-0.3, -0.25) is 14.4 Å². The van der Waals surface area contributed by atoms with Gasteiger partial charge >= 0.3 is 0 Å². The minimum atomic E-state index is -0.905. The van der Waals surface area contributed by atoms with Crippen LogP contribution in [0.25, 0.3) is 0 Å². The molecule has 1 saturated heterocycles. The molecule has 2 saturated carbocycles. The molecule has 3 fully saturated rings. The SMILES string of the molecule is N#C[C@@H]1C[C@@H]2C[C@@H]2N1C(=O)CN[C@H](CC1(c2nnn[nH]2)c2ccc(C(N)=O)cc2CCc2cc(C(N)=O)ccc21)C1CCC1. The predicted molar refractivity (Wildman–Crippen MR) is 158 cm³/mol. The summed E-state index contributed by atoms with van der Waals surface area (Å²) in [7, 11) is 0. The van der Waals surface area contributed by atoms with Gasteiger partial charge in [0.1, 0.15) is 6.04 Å². The molecule has 2 heterocycles. The van der Waals surface area contributed by atoms with E-state index in [2.05, 4.69) is 32.0 Å². The Morgan fingerprint density at radius 2 is 1.70 bits per heavy atom. The van der Waals surface area contributed by atoms with Gasteiger partial charge in [-0.05, 0) is 114 Å². The monoisotopic (exact) mass is 593 g/mol. The number of nitriles is 1. The highest BCUT2D eigenvalue weighted by atomic mass is 16.2. The van der Waals surface area contributed by atoms with Gasteiger partial charge in [-0.25, -0.2) is 5.10 Å². The number of hydrogen-bond acceptors (Lipinski definition) is 8. The van der Waals surface area contributed by atoms with Crippen molar-refractivity contribution >= 4 is 17.7 Å². The Balaban J connectivity index is 1.33. The fourth-order valence-electron chi connectivity index (χ4n) is 7.88. The van der Waals surface area contributed by atoms with Crippen molar-refractivity contribution in [3.05, 3.63) is 75.6 Å². The zero-order chi connectivity index (χ0) is 30.6. The zero-order valence-corrected chi connectivity index (χ0v) is 24.3. The number of tetrazole rings is 1. The lowest BCUT2D eigenvalue weighted by Crippen LogP contribution is -2.50. The summed E-state index contributed by atoms with van der Waals surface area (Å²) in [5.41, 5.74) is 15.0. The molecule has 0 radical (unpaired) electrons. The van der Waals surface area contributed by atoms with Crippen LogP contribution in [0.4, 0.5) is 0 Å². The van der Waals surface area contributed by atoms with Gasteiger partial charge < -0.3 is 21.7 Å². The number of aromatic nitrogens is 4. The van der Waals surface area contributed by atoms with Gasteiger partial charge in [0.2, 0.25) is 17.7 Å². The molecule has 0 unspecified atom stereocenters.